The summed E-state index contributed by atoms with van der Waals surface area (Å²) in [6.07, 6.45) is -4.43. The average Bonchev–Trinajstić information content (AvgIpc) is 2.65. The van der Waals surface area contributed by atoms with Crippen LogP contribution in [0.15, 0.2) is 36.4 Å². The second kappa shape index (κ2) is 8.87. The van der Waals surface area contributed by atoms with E-state index in [4.69, 9.17) is 9.47 Å². The van der Waals surface area contributed by atoms with Crippen molar-refractivity contribution in [2.45, 2.75) is 11.9 Å². The van der Waals surface area contributed by atoms with E-state index in [1.54, 1.807) is 0 Å². The number of thioether (sulfide) groups is 1. The number of halogens is 3. The highest BCUT2D eigenvalue weighted by Gasteiger charge is 2.29. The van der Waals surface area contributed by atoms with Crippen molar-refractivity contribution < 1.29 is 37.3 Å². The Morgan fingerprint density at radius 3 is 2.14 bits per heavy atom. The number of carbonyl (C=O) groups excluding carboxylic acids is 1. The van der Waals surface area contributed by atoms with E-state index in [1.165, 1.54) is 38.5 Å². The zero-order chi connectivity index (χ0) is 20.9. The fourth-order valence-corrected chi connectivity index (χ4v) is 2.92. The lowest BCUT2D eigenvalue weighted by Gasteiger charge is -2.13. The summed E-state index contributed by atoms with van der Waals surface area (Å²) >= 11 is 0.785. The number of hydrogen-bond donors (Lipinski definition) is 2. The molecule has 0 aromatic heterocycles. The van der Waals surface area contributed by atoms with E-state index >= 15 is 0 Å². The Hall–Kier alpha value is -2.88. The maximum absolute atomic E-state index is 12.6. The first-order valence-electron chi connectivity index (χ1n) is 7.75. The molecule has 0 bridgehead atoms. The number of nitrogens with one attached hydrogen (secondary N) is 1. The molecule has 0 aliphatic carbocycles. The van der Waals surface area contributed by atoms with Crippen LogP contribution in [0, 0.1) is 0 Å². The first kappa shape index (κ1) is 21.4. The SMILES string of the molecule is COc1cc(NC(=O)SCc2ccc(C(F)(F)F)cc2)c(C(=O)O)cc1OC. The largest absolute Gasteiger partial charge is 0.493 e. The van der Waals surface area contributed by atoms with Gasteiger partial charge in [-0.3, -0.25) is 4.79 Å². The van der Waals surface area contributed by atoms with Crippen LogP contribution in [0.5, 0.6) is 11.5 Å². The highest BCUT2D eigenvalue weighted by Crippen LogP contribution is 2.34. The van der Waals surface area contributed by atoms with Crippen molar-refractivity contribution >= 4 is 28.7 Å². The lowest BCUT2D eigenvalue weighted by Crippen LogP contribution is -2.11. The Morgan fingerprint density at radius 2 is 1.64 bits per heavy atom. The Kier molecular flexibility index (Phi) is 6.79. The summed E-state index contributed by atoms with van der Waals surface area (Å²) in [6.45, 7) is 0. The number of carboxylic acid groups (broad SMARTS) is 1. The highest BCUT2D eigenvalue weighted by molar-refractivity contribution is 8.13. The Morgan fingerprint density at radius 1 is 1.07 bits per heavy atom. The maximum atomic E-state index is 12.6. The van der Waals surface area contributed by atoms with Crippen LogP contribution in [0.2, 0.25) is 0 Å². The van der Waals surface area contributed by atoms with Gasteiger partial charge in [-0.25, -0.2) is 4.79 Å². The number of aromatic carboxylic acids is 1. The van der Waals surface area contributed by atoms with Gasteiger partial charge in [0.05, 0.1) is 31.0 Å². The second-order valence-corrected chi connectivity index (χ2v) is 6.40. The third kappa shape index (κ3) is 5.32. The van der Waals surface area contributed by atoms with E-state index in [-0.39, 0.29) is 28.5 Å². The molecule has 0 fully saturated rings. The molecule has 6 nitrogen and oxygen atoms in total. The summed E-state index contributed by atoms with van der Waals surface area (Å²) in [7, 11) is 2.71. The number of alkyl halides is 3. The number of ether oxygens (including phenoxy) is 2. The van der Waals surface area contributed by atoms with E-state index in [0.717, 1.165) is 23.9 Å². The monoisotopic (exact) mass is 415 g/mol. The molecule has 0 heterocycles. The van der Waals surface area contributed by atoms with Crippen LogP contribution in [0.4, 0.5) is 23.7 Å². The third-order valence-corrected chi connectivity index (χ3v) is 4.48. The molecule has 0 atom stereocenters. The van der Waals surface area contributed by atoms with Crippen LogP contribution in [0.25, 0.3) is 0 Å². The number of benzene rings is 2. The van der Waals surface area contributed by atoms with Crippen LogP contribution in [-0.2, 0) is 11.9 Å². The van der Waals surface area contributed by atoms with Gasteiger partial charge < -0.3 is 19.9 Å². The van der Waals surface area contributed by atoms with Crippen molar-refractivity contribution in [2.24, 2.45) is 0 Å². The number of amides is 1. The smallest absolute Gasteiger partial charge is 0.416 e. The lowest BCUT2D eigenvalue weighted by molar-refractivity contribution is -0.137. The molecule has 10 heteroatoms. The summed E-state index contributed by atoms with van der Waals surface area (Å²) in [5.74, 6) is -0.741. The number of carbonyl (C=O) groups is 2. The van der Waals surface area contributed by atoms with E-state index < -0.39 is 22.9 Å². The molecule has 150 valence electrons. The molecule has 2 aromatic rings. The number of rotatable bonds is 6. The lowest BCUT2D eigenvalue weighted by atomic mass is 10.1. The molecule has 1 amide bonds. The minimum atomic E-state index is -4.43. The van der Waals surface area contributed by atoms with Gasteiger partial charge in [-0.05, 0) is 17.7 Å². The topological polar surface area (TPSA) is 84.9 Å². The number of anilines is 1. The molecular weight excluding hydrogens is 399 g/mol. The van der Waals surface area contributed by atoms with Crippen molar-refractivity contribution in [3.63, 3.8) is 0 Å². The van der Waals surface area contributed by atoms with E-state index in [1.807, 2.05) is 0 Å². The molecule has 0 aliphatic heterocycles. The van der Waals surface area contributed by atoms with Crippen LogP contribution in [0.3, 0.4) is 0 Å². The molecule has 0 radical (unpaired) electrons. The van der Waals surface area contributed by atoms with Crippen LogP contribution in [-0.4, -0.2) is 30.5 Å². The zero-order valence-corrected chi connectivity index (χ0v) is 15.6. The quantitative estimate of drug-likeness (QED) is 0.699. The summed E-state index contributed by atoms with van der Waals surface area (Å²) in [6, 6.07) is 6.97. The molecule has 2 aromatic carbocycles. The molecule has 0 saturated carbocycles. The molecule has 0 unspecified atom stereocenters. The average molecular weight is 415 g/mol. The predicted octanol–water partition coefficient (Wildman–Crippen LogP) is 4.89. The zero-order valence-electron chi connectivity index (χ0n) is 14.8. The van der Waals surface area contributed by atoms with Crippen molar-refractivity contribution in [1.29, 1.82) is 0 Å². The van der Waals surface area contributed by atoms with Crippen molar-refractivity contribution in [2.75, 3.05) is 19.5 Å². The highest BCUT2D eigenvalue weighted by atomic mass is 32.2. The summed E-state index contributed by atoms with van der Waals surface area (Å²) in [4.78, 5) is 23.6. The number of carboxylic acids is 1. The summed E-state index contributed by atoms with van der Waals surface area (Å²) in [5.41, 5.74) is -0.447. The molecule has 0 saturated heterocycles. The minimum Gasteiger partial charge on any atom is -0.493 e. The summed E-state index contributed by atoms with van der Waals surface area (Å²) in [5, 5.41) is 11.2. The van der Waals surface area contributed by atoms with Crippen molar-refractivity contribution in [1.82, 2.24) is 0 Å². The standard InChI is InChI=1S/C18H16F3NO5S/c1-26-14-7-12(16(23)24)13(8-15(14)27-2)22-17(25)28-9-10-3-5-11(6-4-10)18(19,20)21/h3-8H,9H2,1-2H3,(H,22,25)(H,23,24). The molecule has 0 spiro atoms. The van der Waals surface area contributed by atoms with Gasteiger partial charge in [0.1, 0.15) is 0 Å². The van der Waals surface area contributed by atoms with Crippen molar-refractivity contribution in [3.05, 3.63) is 53.1 Å². The van der Waals surface area contributed by atoms with Gasteiger partial charge in [0.25, 0.3) is 5.24 Å². The Balaban J connectivity index is 2.09. The third-order valence-electron chi connectivity index (χ3n) is 3.64. The fraction of sp³-hybridized carbons (Fsp3) is 0.222. The first-order valence-corrected chi connectivity index (χ1v) is 8.73. The number of methoxy groups -OCH3 is 2. The van der Waals surface area contributed by atoms with Gasteiger partial charge in [0, 0.05) is 17.9 Å². The molecular formula is C18H16F3NO5S. The summed E-state index contributed by atoms with van der Waals surface area (Å²) < 4.78 is 47.8. The first-order chi connectivity index (χ1) is 13.2. The number of hydrogen-bond acceptors (Lipinski definition) is 5. The van der Waals surface area contributed by atoms with Gasteiger partial charge in [-0.2, -0.15) is 13.2 Å². The van der Waals surface area contributed by atoms with Gasteiger partial charge in [0.15, 0.2) is 11.5 Å². The van der Waals surface area contributed by atoms with Gasteiger partial charge in [0.2, 0.25) is 0 Å². The molecule has 2 rings (SSSR count). The van der Waals surface area contributed by atoms with Gasteiger partial charge in [-0.1, -0.05) is 23.9 Å². The normalized spacial score (nSPS) is 11.0. The van der Waals surface area contributed by atoms with Crippen LogP contribution < -0.4 is 14.8 Å². The van der Waals surface area contributed by atoms with E-state index in [9.17, 15) is 27.9 Å². The van der Waals surface area contributed by atoms with Crippen molar-refractivity contribution in [3.8, 4) is 11.5 Å². The molecule has 0 aliphatic rings. The van der Waals surface area contributed by atoms with Crippen LogP contribution >= 0.6 is 11.8 Å². The Labute approximate surface area is 162 Å². The van der Waals surface area contributed by atoms with Crippen LogP contribution in [0.1, 0.15) is 21.5 Å². The van der Waals surface area contributed by atoms with E-state index in [0.29, 0.717) is 5.56 Å². The predicted molar refractivity (Wildman–Crippen MR) is 98.3 cm³/mol. The fourth-order valence-electron chi connectivity index (χ4n) is 2.24. The molecule has 28 heavy (non-hydrogen) atoms. The Bertz CT molecular complexity index is 869. The van der Waals surface area contributed by atoms with E-state index in [2.05, 4.69) is 5.32 Å². The molecule has 2 N–H and O–H groups in total. The van der Waals surface area contributed by atoms with Gasteiger partial charge >= 0.3 is 12.1 Å². The van der Waals surface area contributed by atoms with Gasteiger partial charge in [-0.15, -0.1) is 0 Å². The minimum absolute atomic E-state index is 0.00932. The second-order valence-electron chi connectivity index (χ2n) is 5.45. The maximum Gasteiger partial charge on any atom is 0.416 e.